The fraction of sp³-hybridized carbons (Fsp3) is 0.926. The van der Waals surface area contributed by atoms with Gasteiger partial charge in [-0.25, -0.2) is 0 Å². The largest absolute Gasteiger partial charge is 0.408 e. The molecule has 0 bridgehead atoms. The molecular formula is C27H52O4Si2. The van der Waals surface area contributed by atoms with Gasteiger partial charge < -0.3 is 19.0 Å². The highest BCUT2D eigenvalue weighted by atomic mass is 28.4. The summed E-state index contributed by atoms with van der Waals surface area (Å²) in [6.45, 7) is 23.1. The first-order valence-corrected chi connectivity index (χ1v) is 19.7. The second-order valence-electron chi connectivity index (χ2n) is 13.1. The minimum Gasteiger partial charge on any atom is -0.408 e. The van der Waals surface area contributed by atoms with E-state index in [-0.39, 0.29) is 29.5 Å². The minimum atomic E-state index is -2.04. The Bertz CT molecular complexity index is 700. The van der Waals surface area contributed by atoms with Gasteiger partial charge in [-0.1, -0.05) is 73.0 Å². The van der Waals surface area contributed by atoms with Gasteiger partial charge in [0.2, 0.25) is 0 Å². The molecule has 2 aliphatic heterocycles. The maximum atomic E-state index is 9.58. The van der Waals surface area contributed by atoms with Crippen LogP contribution in [-0.4, -0.2) is 51.7 Å². The molecule has 0 aromatic rings. The fourth-order valence-electron chi connectivity index (χ4n) is 4.73. The third-order valence-corrected chi connectivity index (χ3v) is 13.4. The van der Waals surface area contributed by atoms with Gasteiger partial charge in [0.1, 0.15) is 14.2 Å². The molecule has 6 heteroatoms. The van der Waals surface area contributed by atoms with Crippen molar-refractivity contribution in [1.82, 2.24) is 0 Å². The molecule has 0 aromatic heterocycles. The first-order valence-electron chi connectivity index (χ1n) is 13.3. The van der Waals surface area contributed by atoms with E-state index < -0.39 is 22.2 Å². The summed E-state index contributed by atoms with van der Waals surface area (Å²) < 4.78 is 20.9. The molecule has 1 N–H and O–H groups in total. The zero-order chi connectivity index (χ0) is 25.1. The van der Waals surface area contributed by atoms with Crippen molar-refractivity contribution >= 4 is 16.4 Å². The molecule has 0 saturated carbocycles. The van der Waals surface area contributed by atoms with E-state index in [1.807, 2.05) is 0 Å². The molecule has 2 fully saturated rings. The van der Waals surface area contributed by atoms with Crippen molar-refractivity contribution < 1.29 is 19.0 Å². The molecular weight excluding hydrogens is 444 g/mol. The summed E-state index contributed by atoms with van der Waals surface area (Å²) in [7, 11) is -3.63. The van der Waals surface area contributed by atoms with E-state index in [9.17, 15) is 5.11 Å². The van der Waals surface area contributed by atoms with Crippen LogP contribution in [0.1, 0.15) is 86.0 Å². The van der Waals surface area contributed by atoms with Crippen LogP contribution in [0, 0.1) is 17.4 Å². The molecule has 0 aromatic carbocycles. The molecule has 5 atom stereocenters. The van der Waals surface area contributed by atoms with Gasteiger partial charge in [0.25, 0.3) is 0 Å². The lowest BCUT2D eigenvalue weighted by Crippen LogP contribution is -2.63. The van der Waals surface area contributed by atoms with E-state index in [0.29, 0.717) is 12.3 Å². The summed E-state index contributed by atoms with van der Waals surface area (Å²) in [5.74, 6) is 3.46. The molecule has 192 valence electrons. The van der Waals surface area contributed by atoms with Crippen molar-refractivity contribution in [2.24, 2.45) is 5.92 Å². The summed E-state index contributed by atoms with van der Waals surface area (Å²) in [6.07, 6.45) is 7.37. The molecule has 1 spiro atoms. The van der Waals surface area contributed by atoms with Crippen molar-refractivity contribution in [3.63, 3.8) is 0 Å². The van der Waals surface area contributed by atoms with Crippen LogP contribution in [0.15, 0.2) is 0 Å². The summed E-state index contributed by atoms with van der Waals surface area (Å²) in [5.41, 5.74) is 3.24. The quantitative estimate of drug-likeness (QED) is 0.308. The van der Waals surface area contributed by atoms with Gasteiger partial charge in [-0.3, -0.25) is 0 Å². The Hall–Kier alpha value is -0.166. The Kier molecular flexibility index (Phi) is 9.55. The van der Waals surface area contributed by atoms with Crippen molar-refractivity contribution in [3.8, 4) is 11.5 Å². The lowest BCUT2D eigenvalue weighted by atomic mass is 9.79. The normalized spacial score (nSPS) is 33.6. The summed E-state index contributed by atoms with van der Waals surface area (Å²) in [4.78, 5) is 0. The number of hydrogen-bond acceptors (Lipinski definition) is 4. The standard InChI is InChI=1S/C27H52O4Si2/c1-11-12-16-26(31-33(9,10)25(3,4)5)18-19-27(30-24(26)15-21-32(6,7)8)17-13-22(2)23(29-27)14-20-28/h22-24,28H,11-14,16-20H2,1-10H3/t22-,23+,24-,26+,27+/m0/s1. The van der Waals surface area contributed by atoms with Crippen LogP contribution >= 0.6 is 0 Å². The number of hydrogen-bond donors (Lipinski definition) is 1. The lowest BCUT2D eigenvalue weighted by molar-refractivity contribution is -0.341. The Morgan fingerprint density at radius 3 is 2.27 bits per heavy atom. The van der Waals surface area contributed by atoms with Gasteiger partial charge in [-0.2, -0.15) is 0 Å². The first-order chi connectivity index (χ1) is 15.1. The van der Waals surface area contributed by atoms with Crippen LogP contribution < -0.4 is 0 Å². The number of rotatable bonds is 7. The van der Waals surface area contributed by atoms with E-state index in [4.69, 9.17) is 13.9 Å². The van der Waals surface area contributed by atoms with Crippen LogP contribution in [0.3, 0.4) is 0 Å². The van der Waals surface area contributed by atoms with E-state index in [2.05, 4.69) is 78.8 Å². The summed E-state index contributed by atoms with van der Waals surface area (Å²) >= 11 is 0. The average molecular weight is 497 g/mol. The van der Waals surface area contributed by atoms with E-state index in [0.717, 1.165) is 44.9 Å². The lowest BCUT2D eigenvalue weighted by Gasteiger charge is -2.55. The number of unbranched alkanes of at least 4 members (excludes halogenated alkanes) is 1. The second kappa shape index (κ2) is 10.8. The predicted molar refractivity (Wildman–Crippen MR) is 143 cm³/mol. The molecule has 33 heavy (non-hydrogen) atoms. The fourth-order valence-corrected chi connectivity index (χ4v) is 6.93. The van der Waals surface area contributed by atoms with Gasteiger partial charge in [0.15, 0.2) is 14.1 Å². The number of aliphatic hydroxyl groups excluding tert-OH is 1. The maximum Gasteiger partial charge on any atom is 0.193 e. The predicted octanol–water partition coefficient (Wildman–Crippen LogP) is 6.89. The highest BCUT2D eigenvalue weighted by Crippen LogP contribution is 2.50. The van der Waals surface area contributed by atoms with Crippen molar-refractivity contribution in [1.29, 1.82) is 0 Å². The molecule has 4 nitrogen and oxygen atoms in total. The summed E-state index contributed by atoms with van der Waals surface area (Å²) in [6, 6.07) is 0. The van der Waals surface area contributed by atoms with Gasteiger partial charge in [-0.15, -0.1) is 5.54 Å². The smallest absolute Gasteiger partial charge is 0.193 e. The van der Waals surface area contributed by atoms with E-state index in [1.54, 1.807) is 0 Å². The number of aliphatic hydroxyl groups is 1. The topological polar surface area (TPSA) is 47.9 Å². The molecule has 2 heterocycles. The van der Waals surface area contributed by atoms with Crippen LogP contribution in [0.5, 0.6) is 0 Å². The van der Waals surface area contributed by atoms with E-state index in [1.165, 1.54) is 0 Å². The summed E-state index contributed by atoms with van der Waals surface area (Å²) in [5, 5.41) is 9.70. The molecule has 2 aliphatic rings. The van der Waals surface area contributed by atoms with Crippen LogP contribution in [-0.2, 0) is 13.9 Å². The number of ether oxygens (including phenoxy) is 2. The van der Waals surface area contributed by atoms with Crippen LogP contribution in [0.2, 0.25) is 37.8 Å². The molecule has 0 radical (unpaired) electrons. The molecule has 0 amide bonds. The SMILES string of the molecule is CCCC[C@@]1(O[Si](C)(C)C(C)(C)C)CC[C@@]2(CC[C@H](C)[C@@H](CCO)O2)O[C@H]1C#C[Si](C)(C)C. The van der Waals surface area contributed by atoms with Crippen molar-refractivity contribution in [2.75, 3.05) is 6.61 Å². The van der Waals surface area contributed by atoms with Gasteiger partial charge in [0.05, 0.1) is 11.7 Å². The molecule has 0 aliphatic carbocycles. The Morgan fingerprint density at radius 1 is 1.06 bits per heavy atom. The highest BCUT2D eigenvalue weighted by Gasteiger charge is 2.56. The third kappa shape index (κ3) is 7.41. The Balaban J connectivity index is 2.47. The maximum absolute atomic E-state index is 9.58. The molecule has 0 unspecified atom stereocenters. The van der Waals surface area contributed by atoms with Crippen molar-refractivity contribution in [2.45, 2.75) is 147 Å². The average Bonchev–Trinajstić information content (AvgIpc) is 2.68. The zero-order valence-corrected chi connectivity index (χ0v) is 25.3. The van der Waals surface area contributed by atoms with Gasteiger partial charge >= 0.3 is 0 Å². The Labute approximate surface area is 206 Å². The molecule has 2 rings (SSSR count). The van der Waals surface area contributed by atoms with Crippen LogP contribution in [0.25, 0.3) is 0 Å². The van der Waals surface area contributed by atoms with Crippen molar-refractivity contribution in [3.05, 3.63) is 0 Å². The third-order valence-electron chi connectivity index (χ3n) is 7.93. The minimum absolute atomic E-state index is 0.0406. The van der Waals surface area contributed by atoms with Crippen LogP contribution in [0.4, 0.5) is 0 Å². The monoisotopic (exact) mass is 496 g/mol. The zero-order valence-electron chi connectivity index (χ0n) is 23.3. The second-order valence-corrected chi connectivity index (χ2v) is 22.6. The van der Waals surface area contributed by atoms with Gasteiger partial charge in [0, 0.05) is 19.4 Å². The van der Waals surface area contributed by atoms with Gasteiger partial charge in [-0.05, 0) is 49.7 Å². The highest BCUT2D eigenvalue weighted by molar-refractivity contribution is 6.83. The Morgan fingerprint density at radius 2 is 1.73 bits per heavy atom. The molecule has 2 saturated heterocycles. The van der Waals surface area contributed by atoms with E-state index >= 15 is 0 Å². The first kappa shape index (κ1) is 29.1.